The maximum absolute atomic E-state index is 11.7. The number of carbonyl (C=O) groups excluding carboxylic acids is 2. The number of fused-ring (bicyclic) bond motifs is 1. The van der Waals surface area contributed by atoms with E-state index in [-0.39, 0.29) is 24.1 Å². The molecule has 0 spiro atoms. The van der Waals surface area contributed by atoms with Gasteiger partial charge in [0.2, 0.25) is 0 Å². The van der Waals surface area contributed by atoms with Crippen LogP contribution in [0.25, 0.3) is 0 Å². The lowest BCUT2D eigenvalue weighted by Gasteiger charge is -2.16. The van der Waals surface area contributed by atoms with Gasteiger partial charge in [-0.05, 0) is 18.4 Å². The molecule has 6 heteroatoms. The zero-order chi connectivity index (χ0) is 16.1. The van der Waals surface area contributed by atoms with Gasteiger partial charge in [0, 0.05) is 17.4 Å². The largest absolute Gasteiger partial charge is 0.461 e. The normalized spacial score (nSPS) is 25.6. The van der Waals surface area contributed by atoms with Crippen LogP contribution in [0.4, 0.5) is 4.79 Å². The number of thioether (sulfide) groups is 1. The van der Waals surface area contributed by atoms with Crippen LogP contribution in [0.1, 0.15) is 31.2 Å². The van der Waals surface area contributed by atoms with E-state index < -0.39 is 0 Å². The SMILES string of the molecule is O=C1N[C@H]2[C@@H](CS[C@@H]2CCCCC(=O)OCc2ccccc2)N1. The Morgan fingerprint density at radius 1 is 1.22 bits per heavy atom. The van der Waals surface area contributed by atoms with Crippen LogP contribution in [0.15, 0.2) is 30.3 Å². The van der Waals surface area contributed by atoms with E-state index in [2.05, 4.69) is 10.6 Å². The van der Waals surface area contributed by atoms with Gasteiger partial charge < -0.3 is 15.4 Å². The molecular formula is C17H22N2O3S. The van der Waals surface area contributed by atoms with Gasteiger partial charge in [-0.1, -0.05) is 36.8 Å². The molecule has 0 radical (unpaired) electrons. The molecule has 1 aromatic carbocycles. The van der Waals surface area contributed by atoms with Gasteiger partial charge in [0.25, 0.3) is 0 Å². The predicted molar refractivity (Wildman–Crippen MR) is 90.2 cm³/mol. The summed E-state index contributed by atoms with van der Waals surface area (Å²) in [5, 5.41) is 6.39. The average molecular weight is 334 g/mol. The molecule has 0 aliphatic carbocycles. The summed E-state index contributed by atoms with van der Waals surface area (Å²) in [5.41, 5.74) is 1.01. The molecule has 2 saturated heterocycles. The molecule has 0 bridgehead atoms. The molecule has 124 valence electrons. The highest BCUT2D eigenvalue weighted by molar-refractivity contribution is 8.00. The molecule has 0 saturated carbocycles. The first-order chi connectivity index (χ1) is 11.2. The lowest BCUT2D eigenvalue weighted by atomic mass is 10.0. The van der Waals surface area contributed by atoms with Crippen LogP contribution in [0.3, 0.4) is 0 Å². The monoisotopic (exact) mass is 334 g/mol. The second-order valence-corrected chi connectivity index (χ2v) is 7.29. The fourth-order valence-corrected chi connectivity index (χ4v) is 4.61. The molecule has 2 amide bonds. The van der Waals surface area contributed by atoms with E-state index in [1.165, 1.54) is 0 Å². The zero-order valence-corrected chi connectivity index (χ0v) is 13.8. The van der Waals surface area contributed by atoms with Gasteiger partial charge in [0.15, 0.2) is 0 Å². The van der Waals surface area contributed by atoms with Crippen molar-refractivity contribution in [3.63, 3.8) is 0 Å². The Hall–Kier alpha value is -1.69. The molecule has 2 fully saturated rings. The number of hydrogen-bond acceptors (Lipinski definition) is 4. The standard InChI is InChI=1S/C17H22N2O3S/c20-15(22-10-12-6-2-1-3-7-12)9-5-4-8-14-16-13(11-23-14)18-17(21)19-16/h1-3,6-7,13-14,16H,4-5,8-11H2,(H2,18,19,21)/t13-,14-,16+/m1/s1. The summed E-state index contributed by atoms with van der Waals surface area (Å²) in [7, 11) is 0. The number of urea groups is 1. The maximum atomic E-state index is 11.7. The highest BCUT2D eigenvalue weighted by atomic mass is 32.2. The van der Waals surface area contributed by atoms with Gasteiger partial charge in [0.05, 0.1) is 12.1 Å². The van der Waals surface area contributed by atoms with Crippen LogP contribution < -0.4 is 10.6 Å². The number of amides is 2. The van der Waals surface area contributed by atoms with Crippen molar-refractivity contribution >= 4 is 23.8 Å². The summed E-state index contributed by atoms with van der Waals surface area (Å²) in [6.07, 6.45) is 3.31. The Morgan fingerprint density at radius 3 is 2.87 bits per heavy atom. The molecule has 0 unspecified atom stereocenters. The van der Waals surface area contributed by atoms with E-state index in [1.807, 2.05) is 42.1 Å². The topological polar surface area (TPSA) is 67.4 Å². The Kier molecular flexibility index (Phi) is 5.43. The quantitative estimate of drug-likeness (QED) is 0.457. The van der Waals surface area contributed by atoms with Gasteiger partial charge in [-0.25, -0.2) is 4.79 Å². The Bertz CT molecular complexity index is 552. The van der Waals surface area contributed by atoms with E-state index >= 15 is 0 Å². The molecule has 2 aliphatic heterocycles. The number of rotatable bonds is 7. The minimum Gasteiger partial charge on any atom is -0.461 e. The van der Waals surface area contributed by atoms with Gasteiger partial charge in [-0.2, -0.15) is 11.8 Å². The second kappa shape index (κ2) is 7.73. The number of hydrogen-bond donors (Lipinski definition) is 2. The van der Waals surface area contributed by atoms with E-state index in [1.54, 1.807) is 0 Å². The number of unbranched alkanes of at least 4 members (excludes halogenated alkanes) is 1. The maximum Gasteiger partial charge on any atom is 0.315 e. The molecule has 3 rings (SSSR count). The second-order valence-electron chi connectivity index (χ2n) is 6.01. The summed E-state index contributed by atoms with van der Waals surface area (Å²) in [6, 6.07) is 10.2. The number of carbonyl (C=O) groups is 2. The highest BCUT2D eigenvalue weighted by Crippen LogP contribution is 2.33. The summed E-state index contributed by atoms with van der Waals surface area (Å²) in [4.78, 5) is 23.1. The molecule has 0 aromatic heterocycles. The Balaban J connectivity index is 1.29. The molecule has 23 heavy (non-hydrogen) atoms. The number of nitrogens with one attached hydrogen (secondary N) is 2. The minimum absolute atomic E-state index is 0.0465. The molecule has 2 aliphatic rings. The van der Waals surface area contributed by atoms with Crippen LogP contribution in [-0.2, 0) is 16.1 Å². The molecule has 3 atom stereocenters. The van der Waals surface area contributed by atoms with Crippen LogP contribution in [0.5, 0.6) is 0 Å². The Labute approximate surface area is 140 Å². The first-order valence-electron chi connectivity index (χ1n) is 8.10. The third-order valence-electron chi connectivity index (χ3n) is 4.30. The third-order valence-corrected chi connectivity index (χ3v) is 5.81. The van der Waals surface area contributed by atoms with Gasteiger partial charge in [-0.15, -0.1) is 0 Å². The number of ether oxygens (including phenoxy) is 1. The van der Waals surface area contributed by atoms with Crippen molar-refractivity contribution < 1.29 is 14.3 Å². The summed E-state index contributed by atoms with van der Waals surface area (Å²) in [5.74, 6) is 0.842. The van der Waals surface area contributed by atoms with Crippen LogP contribution in [0.2, 0.25) is 0 Å². The van der Waals surface area contributed by atoms with Gasteiger partial charge in [0.1, 0.15) is 6.61 Å². The van der Waals surface area contributed by atoms with Crippen LogP contribution >= 0.6 is 11.8 Å². The zero-order valence-electron chi connectivity index (χ0n) is 13.0. The lowest BCUT2D eigenvalue weighted by Crippen LogP contribution is -2.36. The minimum atomic E-state index is -0.137. The summed E-state index contributed by atoms with van der Waals surface area (Å²) >= 11 is 1.91. The lowest BCUT2D eigenvalue weighted by molar-refractivity contribution is -0.145. The van der Waals surface area contributed by atoms with Crippen LogP contribution in [-0.4, -0.2) is 35.1 Å². The van der Waals surface area contributed by atoms with Crippen molar-refractivity contribution in [2.24, 2.45) is 0 Å². The van der Waals surface area contributed by atoms with E-state index in [9.17, 15) is 9.59 Å². The molecule has 5 nitrogen and oxygen atoms in total. The Morgan fingerprint density at radius 2 is 2.04 bits per heavy atom. The van der Waals surface area contributed by atoms with Gasteiger partial charge >= 0.3 is 12.0 Å². The van der Waals surface area contributed by atoms with E-state index in [0.29, 0.717) is 18.3 Å². The fourth-order valence-electron chi connectivity index (χ4n) is 3.07. The molecular weight excluding hydrogens is 312 g/mol. The van der Waals surface area contributed by atoms with Crippen LogP contribution in [0, 0.1) is 0 Å². The van der Waals surface area contributed by atoms with Crippen molar-refractivity contribution in [2.45, 2.75) is 49.6 Å². The highest BCUT2D eigenvalue weighted by Gasteiger charge is 2.42. The summed E-state index contributed by atoms with van der Waals surface area (Å²) < 4.78 is 5.27. The van der Waals surface area contributed by atoms with E-state index in [0.717, 1.165) is 30.6 Å². The molecule has 2 N–H and O–H groups in total. The smallest absolute Gasteiger partial charge is 0.315 e. The van der Waals surface area contributed by atoms with E-state index in [4.69, 9.17) is 4.74 Å². The van der Waals surface area contributed by atoms with Crippen molar-refractivity contribution in [2.75, 3.05) is 5.75 Å². The first kappa shape index (κ1) is 16.2. The van der Waals surface area contributed by atoms with Crippen molar-refractivity contribution in [1.82, 2.24) is 10.6 Å². The van der Waals surface area contributed by atoms with Crippen molar-refractivity contribution in [3.8, 4) is 0 Å². The fraction of sp³-hybridized carbons (Fsp3) is 0.529. The number of esters is 1. The summed E-state index contributed by atoms with van der Waals surface area (Å²) in [6.45, 7) is 0.347. The average Bonchev–Trinajstić information content (AvgIpc) is 3.10. The predicted octanol–water partition coefficient (Wildman–Crippen LogP) is 2.46. The third kappa shape index (κ3) is 4.41. The number of benzene rings is 1. The van der Waals surface area contributed by atoms with Gasteiger partial charge in [-0.3, -0.25) is 4.79 Å². The molecule has 1 aromatic rings. The molecule has 2 heterocycles. The van der Waals surface area contributed by atoms with Crippen molar-refractivity contribution in [1.29, 1.82) is 0 Å². The van der Waals surface area contributed by atoms with Crippen molar-refractivity contribution in [3.05, 3.63) is 35.9 Å². The first-order valence-corrected chi connectivity index (χ1v) is 9.15.